The van der Waals surface area contributed by atoms with Crippen LogP contribution in [-0.2, 0) is 31.4 Å². The number of rotatable bonds is 19. The number of thiol groups is 1. The van der Waals surface area contributed by atoms with Crippen LogP contribution in [0, 0.1) is 0 Å². The van der Waals surface area contributed by atoms with Crippen molar-refractivity contribution in [2.75, 3.05) is 11.5 Å². The standard InChI is InChI=1S/C32H64O7S2Si2/c1-11-12-13-14-15-18-29(33)41-20-17-22-43(36-28(4)25-32(9,10)39-43)38-31(7,8)24-27(3)35-42(21-16-19-40)34-26(2)23-30(5,6)37-42/h26-28,40H,11-25H2,1-10H3. The number of carbonyl (C=O) groups is 1. The third-order valence-electron chi connectivity index (χ3n) is 7.79. The number of thioether (sulfide) groups is 1. The second-order valence-corrected chi connectivity index (χ2v) is 21.3. The minimum atomic E-state index is -3.06. The van der Waals surface area contributed by atoms with Crippen LogP contribution < -0.4 is 0 Å². The highest BCUT2D eigenvalue weighted by atomic mass is 32.2. The quantitative estimate of drug-likeness (QED) is 0.0824. The van der Waals surface area contributed by atoms with Crippen LogP contribution >= 0.6 is 24.4 Å². The maximum atomic E-state index is 12.5. The average molecular weight is 681 g/mol. The van der Waals surface area contributed by atoms with E-state index in [4.69, 9.17) is 26.6 Å². The van der Waals surface area contributed by atoms with Gasteiger partial charge in [-0.2, -0.15) is 12.6 Å². The van der Waals surface area contributed by atoms with Gasteiger partial charge in [0.1, 0.15) is 0 Å². The molecule has 5 atom stereocenters. The number of hydrogen-bond donors (Lipinski definition) is 1. The van der Waals surface area contributed by atoms with Gasteiger partial charge in [0.15, 0.2) is 5.12 Å². The molecule has 254 valence electrons. The Balaban J connectivity index is 2.05. The molecule has 0 N–H and O–H groups in total. The maximum absolute atomic E-state index is 12.5. The first kappa shape index (κ1) is 39.7. The molecule has 2 saturated heterocycles. The highest BCUT2D eigenvalue weighted by molar-refractivity contribution is 8.13. The van der Waals surface area contributed by atoms with Crippen LogP contribution in [0.2, 0.25) is 12.1 Å². The second-order valence-electron chi connectivity index (χ2n) is 14.7. The molecule has 0 aromatic rings. The Morgan fingerprint density at radius 3 is 2.07 bits per heavy atom. The molecule has 7 nitrogen and oxygen atoms in total. The molecule has 2 fully saturated rings. The fourth-order valence-electron chi connectivity index (χ4n) is 6.70. The summed E-state index contributed by atoms with van der Waals surface area (Å²) in [5.41, 5.74) is -1.18. The molecule has 0 aromatic carbocycles. The predicted molar refractivity (Wildman–Crippen MR) is 186 cm³/mol. The SMILES string of the molecule is CCCCCCCC(=O)SCCC[Si]1(OC(C)(C)CC(C)O[Si]2(CCCS)OC(C)CC(C)(C)O2)OC(C)CC(C)(C)O1. The van der Waals surface area contributed by atoms with Gasteiger partial charge in [0.2, 0.25) is 0 Å². The van der Waals surface area contributed by atoms with Crippen LogP contribution in [0.5, 0.6) is 0 Å². The van der Waals surface area contributed by atoms with Gasteiger partial charge in [-0.3, -0.25) is 4.79 Å². The van der Waals surface area contributed by atoms with Crippen LogP contribution in [0.3, 0.4) is 0 Å². The van der Waals surface area contributed by atoms with Gasteiger partial charge in [0.25, 0.3) is 0 Å². The third kappa shape index (κ3) is 14.9. The molecule has 11 heteroatoms. The zero-order valence-corrected chi connectivity index (χ0v) is 32.8. The summed E-state index contributed by atoms with van der Waals surface area (Å²) in [4.78, 5) is 12.5. The Morgan fingerprint density at radius 1 is 0.930 bits per heavy atom. The molecule has 0 aromatic heterocycles. The lowest BCUT2D eigenvalue weighted by atomic mass is 10.0. The summed E-state index contributed by atoms with van der Waals surface area (Å²) in [6.07, 6.45) is 10.5. The molecule has 2 aliphatic heterocycles. The van der Waals surface area contributed by atoms with Crippen molar-refractivity contribution in [1.29, 1.82) is 0 Å². The van der Waals surface area contributed by atoms with E-state index in [0.717, 1.165) is 56.1 Å². The Hall–Kier alpha value is 0.564. The van der Waals surface area contributed by atoms with Crippen molar-refractivity contribution in [3.8, 4) is 0 Å². The summed E-state index contributed by atoms with van der Waals surface area (Å²) < 4.78 is 40.2. The van der Waals surface area contributed by atoms with Gasteiger partial charge in [-0.15, -0.1) is 0 Å². The van der Waals surface area contributed by atoms with Gasteiger partial charge < -0.3 is 26.6 Å². The Bertz CT molecular complexity index is 847. The summed E-state index contributed by atoms with van der Waals surface area (Å²) in [6, 6.07) is 1.44. The van der Waals surface area contributed by atoms with Gasteiger partial charge >= 0.3 is 17.6 Å². The smallest absolute Gasteiger partial charge is 0.371 e. The van der Waals surface area contributed by atoms with Crippen LogP contribution in [0.15, 0.2) is 0 Å². The topological polar surface area (TPSA) is 72.5 Å². The van der Waals surface area contributed by atoms with E-state index in [2.05, 4.69) is 81.9 Å². The third-order valence-corrected chi connectivity index (χ3v) is 15.9. The van der Waals surface area contributed by atoms with Gasteiger partial charge in [-0.05, 0) is 107 Å². The van der Waals surface area contributed by atoms with E-state index in [0.29, 0.717) is 24.0 Å². The van der Waals surface area contributed by atoms with Crippen molar-refractivity contribution in [2.24, 2.45) is 0 Å². The monoisotopic (exact) mass is 680 g/mol. The minimum absolute atomic E-state index is 0.0435. The molecule has 5 unspecified atom stereocenters. The molecule has 2 heterocycles. The van der Waals surface area contributed by atoms with E-state index >= 15 is 0 Å². The van der Waals surface area contributed by atoms with Crippen LogP contribution in [0.1, 0.15) is 140 Å². The van der Waals surface area contributed by atoms with Crippen molar-refractivity contribution in [2.45, 2.75) is 187 Å². The molecule has 0 amide bonds. The lowest BCUT2D eigenvalue weighted by molar-refractivity contribution is -0.127. The van der Waals surface area contributed by atoms with Gasteiger partial charge in [-0.25, -0.2) is 0 Å². The summed E-state index contributed by atoms with van der Waals surface area (Å²) >= 11 is 5.90. The number of carbonyl (C=O) groups excluding carboxylic acids is 1. The summed E-state index contributed by atoms with van der Waals surface area (Å²) in [5.74, 6) is 1.53. The molecule has 0 radical (unpaired) electrons. The van der Waals surface area contributed by atoms with Gasteiger partial charge in [0.05, 0.1) is 16.8 Å². The van der Waals surface area contributed by atoms with E-state index in [-0.39, 0.29) is 29.5 Å². The number of hydrogen-bond acceptors (Lipinski definition) is 9. The minimum Gasteiger partial charge on any atom is -0.371 e. The number of unbranched alkanes of at least 4 members (excludes halogenated alkanes) is 4. The van der Waals surface area contributed by atoms with Gasteiger partial charge in [0, 0.05) is 42.6 Å². The maximum Gasteiger partial charge on any atom is 0.502 e. The van der Waals surface area contributed by atoms with Crippen LogP contribution in [0.4, 0.5) is 0 Å². The molecule has 43 heavy (non-hydrogen) atoms. The summed E-state index contributed by atoms with van der Waals surface area (Å²) in [7, 11) is -5.98. The normalized spacial score (nSPS) is 29.8. The Labute approximate surface area is 276 Å². The zero-order chi connectivity index (χ0) is 32.4. The fraction of sp³-hybridized carbons (Fsp3) is 0.969. The van der Waals surface area contributed by atoms with Crippen molar-refractivity contribution in [3.63, 3.8) is 0 Å². The van der Waals surface area contributed by atoms with E-state index < -0.39 is 23.2 Å². The zero-order valence-electron chi connectivity index (χ0n) is 29.1. The summed E-state index contributed by atoms with van der Waals surface area (Å²) in [5, 5.41) is 0.291. The molecule has 2 aliphatic rings. The molecule has 2 rings (SSSR count). The Kier molecular flexibility index (Phi) is 16.3. The first-order valence-electron chi connectivity index (χ1n) is 16.8. The van der Waals surface area contributed by atoms with Crippen LogP contribution in [0.25, 0.3) is 0 Å². The van der Waals surface area contributed by atoms with Crippen molar-refractivity contribution in [1.82, 2.24) is 0 Å². The molecular formula is C32H64O7S2Si2. The lowest BCUT2D eigenvalue weighted by Gasteiger charge is -2.49. The van der Waals surface area contributed by atoms with E-state index in [9.17, 15) is 4.79 Å². The van der Waals surface area contributed by atoms with Crippen molar-refractivity contribution < 1.29 is 31.4 Å². The molecule has 0 saturated carbocycles. The fourth-order valence-corrected chi connectivity index (χ4v) is 15.3. The van der Waals surface area contributed by atoms with E-state index in [1.54, 1.807) is 0 Å². The molecule has 0 bridgehead atoms. The lowest BCUT2D eigenvalue weighted by Crippen LogP contribution is -2.61. The largest absolute Gasteiger partial charge is 0.502 e. The van der Waals surface area contributed by atoms with Crippen molar-refractivity contribution >= 4 is 47.1 Å². The van der Waals surface area contributed by atoms with Gasteiger partial charge in [-0.1, -0.05) is 44.4 Å². The van der Waals surface area contributed by atoms with Crippen molar-refractivity contribution in [3.05, 3.63) is 0 Å². The predicted octanol–water partition coefficient (Wildman–Crippen LogP) is 8.99. The van der Waals surface area contributed by atoms with E-state index in [1.165, 1.54) is 31.0 Å². The molecule has 0 spiro atoms. The average Bonchev–Trinajstić information content (AvgIpc) is 2.81. The first-order chi connectivity index (χ1) is 19.9. The Morgan fingerprint density at radius 2 is 1.49 bits per heavy atom. The van der Waals surface area contributed by atoms with Crippen LogP contribution in [-0.4, -0.2) is 69.3 Å². The molecule has 0 aliphatic carbocycles. The second kappa shape index (κ2) is 17.6. The van der Waals surface area contributed by atoms with E-state index in [1.807, 2.05) is 0 Å². The molecular weight excluding hydrogens is 617 g/mol. The summed E-state index contributed by atoms with van der Waals surface area (Å²) in [6.45, 7) is 21.3. The highest BCUT2D eigenvalue weighted by Gasteiger charge is 2.55. The highest BCUT2D eigenvalue weighted by Crippen LogP contribution is 2.40. The first-order valence-corrected chi connectivity index (χ1v) is 22.3.